The highest BCUT2D eigenvalue weighted by atomic mass is 35.5. The number of aliphatic hydroxyl groups is 3. The standard InChI is InChI=1S/C24H28ClF3N6O4/c1-2-8-33(22(38)24(26,27)28)15-10-16(19(37)18(15)36)34-12-29-17-20(31-23(25)32-21(17)34)30-14(11-35)9-13-6-4-3-5-7-13/h3-7,12,14-16,18-19,35-37H,2,8-11H2,1H3,(H,30,31,32)/t14-,15-,16+,18+,19-/m0/s1. The molecule has 1 aliphatic carbocycles. The molecule has 2 aromatic heterocycles. The number of fused-ring (bicyclic) bond motifs is 1. The molecular weight excluding hydrogens is 529 g/mol. The topological polar surface area (TPSA) is 137 Å². The lowest BCUT2D eigenvalue weighted by Crippen LogP contribution is -2.51. The number of amides is 1. The van der Waals surface area contributed by atoms with E-state index in [1.54, 1.807) is 6.92 Å². The number of halogens is 4. The highest BCUT2D eigenvalue weighted by Gasteiger charge is 2.51. The summed E-state index contributed by atoms with van der Waals surface area (Å²) in [6.07, 6.45) is -6.41. The van der Waals surface area contributed by atoms with Crippen LogP contribution in [-0.2, 0) is 11.2 Å². The third-order valence-corrected chi connectivity index (χ3v) is 6.80. The Kier molecular flexibility index (Phi) is 8.40. The third kappa shape index (κ3) is 5.70. The predicted molar refractivity (Wildman–Crippen MR) is 132 cm³/mol. The number of benzene rings is 1. The van der Waals surface area contributed by atoms with Gasteiger partial charge in [-0.15, -0.1) is 0 Å². The van der Waals surface area contributed by atoms with Crippen LogP contribution >= 0.6 is 11.6 Å². The number of hydrogen-bond acceptors (Lipinski definition) is 8. The van der Waals surface area contributed by atoms with Gasteiger partial charge in [-0.25, -0.2) is 4.98 Å². The van der Waals surface area contributed by atoms with Crippen LogP contribution < -0.4 is 5.32 Å². The van der Waals surface area contributed by atoms with E-state index in [1.807, 2.05) is 30.3 Å². The Labute approximate surface area is 221 Å². The first-order chi connectivity index (χ1) is 18.0. The molecule has 1 amide bonds. The Hall–Kier alpha value is -3.00. The first-order valence-electron chi connectivity index (χ1n) is 12.1. The third-order valence-electron chi connectivity index (χ3n) is 6.63. The van der Waals surface area contributed by atoms with Crippen LogP contribution in [0.25, 0.3) is 11.2 Å². The molecule has 1 saturated carbocycles. The van der Waals surface area contributed by atoms with Crippen LogP contribution in [0.5, 0.6) is 0 Å². The fraction of sp³-hybridized carbons (Fsp3) is 0.500. The van der Waals surface area contributed by atoms with Gasteiger partial charge in [-0.3, -0.25) is 4.79 Å². The summed E-state index contributed by atoms with van der Waals surface area (Å²) < 4.78 is 41.1. The molecule has 0 saturated heterocycles. The zero-order chi connectivity index (χ0) is 27.6. The fourth-order valence-electron chi connectivity index (χ4n) is 4.88. The number of nitrogens with one attached hydrogen (secondary N) is 1. The molecule has 0 bridgehead atoms. The molecule has 3 aromatic rings. The van der Waals surface area contributed by atoms with Gasteiger partial charge in [0.05, 0.1) is 31.1 Å². The quantitative estimate of drug-likeness (QED) is 0.295. The molecule has 1 aromatic carbocycles. The second kappa shape index (κ2) is 11.4. The highest BCUT2D eigenvalue weighted by Crippen LogP contribution is 2.38. The van der Waals surface area contributed by atoms with E-state index in [0.29, 0.717) is 11.3 Å². The van der Waals surface area contributed by atoms with E-state index in [4.69, 9.17) is 11.6 Å². The number of alkyl halides is 3. The second-order valence-electron chi connectivity index (χ2n) is 9.23. The minimum Gasteiger partial charge on any atom is -0.394 e. The van der Waals surface area contributed by atoms with Gasteiger partial charge in [0.25, 0.3) is 0 Å². The van der Waals surface area contributed by atoms with E-state index in [2.05, 4.69) is 20.3 Å². The van der Waals surface area contributed by atoms with Gasteiger partial charge >= 0.3 is 12.1 Å². The van der Waals surface area contributed by atoms with Crippen molar-refractivity contribution < 1.29 is 33.3 Å². The van der Waals surface area contributed by atoms with Gasteiger partial charge in [-0.1, -0.05) is 37.3 Å². The summed E-state index contributed by atoms with van der Waals surface area (Å²) in [7, 11) is 0. The lowest BCUT2D eigenvalue weighted by atomic mass is 10.1. The molecule has 5 atom stereocenters. The Balaban J connectivity index is 1.63. The van der Waals surface area contributed by atoms with Crippen molar-refractivity contribution in [3.8, 4) is 0 Å². The van der Waals surface area contributed by atoms with E-state index in [9.17, 15) is 33.3 Å². The summed E-state index contributed by atoms with van der Waals surface area (Å²) in [6, 6.07) is 6.79. The molecular formula is C24H28ClF3N6O4. The largest absolute Gasteiger partial charge is 0.471 e. The van der Waals surface area contributed by atoms with Gasteiger partial charge in [0.15, 0.2) is 17.0 Å². The lowest BCUT2D eigenvalue weighted by Gasteiger charge is -2.31. The van der Waals surface area contributed by atoms with Crippen LogP contribution in [0.4, 0.5) is 19.0 Å². The number of imidazole rings is 1. The number of anilines is 1. The van der Waals surface area contributed by atoms with Gasteiger partial charge in [-0.05, 0) is 36.4 Å². The second-order valence-corrected chi connectivity index (χ2v) is 9.56. The first kappa shape index (κ1) is 28.0. The number of rotatable bonds is 9. The smallest absolute Gasteiger partial charge is 0.394 e. The van der Waals surface area contributed by atoms with E-state index in [-0.39, 0.29) is 48.3 Å². The summed E-state index contributed by atoms with van der Waals surface area (Å²) in [5.41, 5.74) is 1.40. The maximum Gasteiger partial charge on any atom is 0.471 e. The van der Waals surface area contributed by atoms with Crippen molar-refractivity contribution in [2.75, 3.05) is 18.5 Å². The van der Waals surface area contributed by atoms with E-state index >= 15 is 0 Å². The maximum atomic E-state index is 13.2. The van der Waals surface area contributed by atoms with Crippen LogP contribution in [0, 0.1) is 0 Å². The van der Waals surface area contributed by atoms with Crippen molar-refractivity contribution >= 4 is 34.5 Å². The first-order valence-corrected chi connectivity index (χ1v) is 12.5. The van der Waals surface area contributed by atoms with Gasteiger partial charge < -0.3 is 30.1 Å². The summed E-state index contributed by atoms with van der Waals surface area (Å²) in [6.45, 7) is 1.14. The lowest BCUT2D eigenvalue weighted by molar-refractivity contribution is -0.190. The molecule has 10 nitrogen and oxygen atoms in total. The molecule has 1 aliphatic rings. The summed E-state index contributed by atoms with van der Waals surface area (Å²) in [5.74, 6) is -1.85. The summed E-state index contributed by atoms with van der Waals surface area (Å²) in [4.78, 5) is 25.3. The molecule has 0 unspecified atom stereocenters. The Bertz CT molecular complexity index is 1260. The monoisotopic (exact) mass is 556 g/mol. The number of nitrogens with zero attached hydrogens (tertiary/aromatic N) is 5. The fourth-order valence-corrected chi connectivity index (χ4v) is 5.04. The minimum atomic E-state index is -5.12. The Morgan fingerprint density at radius 1 is 1.24 bits per heavy atom. The van der Waals surface area contributed by atoms with Crippen LogP contribution in [0.1, 0.15) is 31.4 Å². The zero-order valence-corrected chi connectivity index (χ0v) is 21.1. The van der Waals surface area contributed by atoms with Crippen molar-refractivity contribution in [2.45, 2.75) is 62.7 Å². The molecule has 38 heavy (non-hydrogen) atoms. The molecule has 0 aliphatic heterocycles. The van der Waals surface area contributed by atoms with Gasteiger partial charge in [0.1, 0.15) is 12.2 Å². The average molecular weight is 557 g/mol. The van der Waals surface area contributed by atoms with Crippen molar-refractivity contribution in [3.05, 3.63) is 47.5 Å². The number of carbonyl (C=O) groups is 1. The van der Waals surface area contributed by atoms with Crippen molar-refractivity contribution in [1.82, 2.24) is 24.4 Å². The van der Waals surface area contributed by atoms with Crippen molar-refractivity contribution in [2.24, 2.45) is 0 Å². The van der Waals surface area contributed by atoms with Crippen molar-refractivity contribution in [3.63, 3.8) is 0 Å². The van der Waals surface area contributed by atoms with E-state index in [0.717, 1.165) is 5.56 Å². The molecule has 14 heteroatoms. The molecule has 0 radical (unpaired) electrons. The number of hydrogen-bond donors (Lipinski definition) is 4. The highest BCUT2D eigenvalue weighted by molar-refractivity contribution is 6.28. The molecule has 0 spiro atoms. The number of carbonyl (C=O) groups excluding carboxylic acids is 1. The Morgan fingerprint density at radius 2 is 1.95 bits per heavy atom. The Morgan fingerprint density at radius 3 is 2.58 bits per heavy atom. The van der Waals surface area contributed by atoms with Crippen LogP contribution in [0.15, 0.2) is 36.7 Å². The average Bonchev–Trinajstić information content (AvgIpc) is 3.42. The van der Waals surface area contributed by atoms with Crippen LogP contribution in [-0.4, -0.2) is 89.3 Å². The predicted octanol–water partition coefficient (Wildman–Crippen LogP) is 2.33. The minimum absolute atomic E-state index is 0.164. The van der Waals surface area contributed by atoms with Gasteiger partial charge in [-0.2, -0.15) is 23.1 Å². The zero-order valence-electron chi connectivity index (χ0n) is 20.4. The van der Waals surface area contributed by atoms with E-state index in [1.165, 1.54) is 10.9 Å². The van der Waals surface area contributed by atoms with Crippen molar-refractivity contribution in [1.29, 1.82) is 0 Å². The van der Waals surface area contributed by atoms with Crippen LogP contribution in [0.2, 0.25) is 5.28 Å². The van der Waals surface area contributed by atoms with Gasteiger partial charge in [0.2, 0.25) is 5.28 Å². The summed E-state index contributed by atoms with van der Waals surface area (Å²) >= 11 is 6.17. The SMILES string of the molecule is CCCN(C(=O)C(F)(F)F)[C@H]1C[C@@H](n2cnc3c(N[C@H](CO)Cc4ccccc4)nc(Cl)nc32)[C@H](O)[C@@H]1O. The number of aromatic nitrogens is 4. The maximum absolute atomic E-state index is 13.2. The summed E-state index contributed by atoms with van der Waals surface area (Å²) in [5, 5.41) is 34.3. The van der Waals surface area contributed by atoms with E-state index < -0.39 is 42.4 Å². The molecule has 4 rings (SSSR count). The molecule has 2 heterocycles. The van der Waals surface area contributed by atoms with Gasteiger partial charge in [0, 0.05) is 6.54 Å². The van der Waals surface area contributed by atoms with Crippen LogP contribution in [0.3, 0.4) is 0 Å². The molecule has 206 valence electrons. The molecule has 4 N–H and O–H groups in total. The normalized spacial score (nSPS) is 22.5. The molecule has 1 fully saturated rings. The number of aliphatic hydroxyl groups excluding tert-OH is 3.